The molecule has 6 N–H and O–H groups in total. The maximum Gasteiger partial charge on any atom is 0.326 e. The lowest BCUT2D eigenvalue weighted by atomic mass is 10.2. The summed E-state index contributed by atoms with van der Waals surface area (Å²) in [5.74, 6) is -2.64. The van der Waals surface area contributed by atoms with E-state index in [0.717, 1.165) is 0 Å². The second-order valence-electron chi connectivity index (χ2n) is 3.78. The molecule has 0 saturated heterocycles. The van der Waals surface area contributed by atoms with E-state index >= 15 is 0 Å². The van der Waals surface area contributed by atoms with Gasteiger partial charge in [-0.1, -0.05) is 6.92 Å². The van der Waals surface area contributed by atoms with Crippen LogP contribution in [0.1, 0.15) is 13.3 Å². The van der Waals surface area contributed by atoms with E-state index in [-0.39, 0.29) is 18.8 Å². The van der Waals surface area contributed by atoms with Gasteiger partial charge in [-0.2, -0.15) is 0 Å². The Morgan fingerprint density at radius 1 is 1.30 bits per heavy atom. The highest BCUT2D eigenvalue weighted by molar-refractivity contribution is 7.89. The van der Waals surface area contributed by atoms with Gasteiger partial charge < -0.3 is 21.5 Å². The van der Waals surface area contributed by atoms with Crippen LogP contribution in [0, 0.1) is 0 Å². The predicted molar refractivity (Wildman–Crippen MR) is 69.2 cm³/mol. The van der Waals surface area contributed by atoms with Crippen molar-refractivity contribution in [2.45, 2.75) is 19.4 Å². The molecule has 0 aromatic rings. The minimum absolute atomic E-state index is 0.204. The fourth-order valence-electron chi connectivity index (χ4n) is 1.20. The molecule has 0 spiro atoms. The largest absolute Gasteiger partial charge is 0.480 e. The summed E-state index contributed by atoms with van der Waals surface area (Å²) >= 11 is 0. The minimum Gasteiger partial charge on any atom is -0.480 e. The first kappa shape index (κ1) is 18.1. The lowest BCUT2D eigenvalue weighted by Crippen LogP contribution is -2.48. The van der Waals surface area contributed by atoms with Crippen molar-refractivity contribution < 1.29 is 27.9 Å². The van der Waals surface area contributed by atoms with Crippen molar-refractivity contribution in [2.75, 3.05) is 18.8 Å². The zero-order chi connectivity index (χ0) is 15.8. The number of carboxylic acid groups (broad SMARTS) is 1. The van der Waals surface area contributed by atoms with Crippen molar-refractivity contribution in [2.24, 2.45) is 5.73 Å². The smallest absolute Gasteiger partial charge is 0.326 e. The summed E-state index contributed by atoms with van der Waals surface area (Å²) in [5.41, 5.74) is 4.84. The third kappa shape index (κ3) is 8.26. The number of aliphatic carboxylic acids is 1. The summed E-state index contributed by atoms with van der Waals surface area (Å²) < 4.78 is 24.7. The molecule has 0 fully saturated rings. The number of hydrogen-bond acceptors (Lipinski definition) is 5. The molecule has 0 aromatic heterocycles. The Morgan fingerprint density at radius 2 is 1.90 bits per heavy atom. The molecule has 0 rings (SSSR count). The number of primary amides is 1. The van der Waals surface area contributed by atoms with E-state index in [9.17, 15) is 22.8 Å². The Morgan fingerprint density at radius 3 is 2.35 bits per heavy atom. The molecule has 0 saturated carbocycles. The van der Waals surface area contributed by atoms with Crippen LogP contribution in [0.15, 0.2) is 0 Å². The lowest BCUT2D eigenvalue weighted by molar-refractivity contribution is -0.140. The molecule has 0 radical (unpaired) electrons. The monoisotopic (exact) mass is 310 g/mol. The average Bonchev–Trinajstić information content (AvgIpc) is 2.26. The van der Waals surface area contributed by atoms with E-state index in [4.69, 9.17) is 10.8 Å². The van der Waals surface area contributed by atoms with E-state index in [1.807, 2.05) is 5.32 Å². The van der Waals surface area contributed by atoms with E-state index in [1.165, 1.54) is 0 Å². The number of urea groups is 1. The van der Waals surface area contributed by atoms with Gasteiger partial charge in [-0.25, -0.2) is 22.7 Å². The molecule has 3 amide bonds. The van der Waals surface area contributed by atoms with Crippen molar-refractivity contribution >= 4 is 27.9 Å². The number of carbonyl (C=O) groups excluding carboxylic acids is 2. The first-order valence-electron chi connectivity index (χ1n) is 5.70. The van der Waals surface area contributed by atoms with Crippen LogP contribution in [0.5, 0.6) is 0 Å². The third-order valence-corrected chi connectivity index (χ3v) is 3.50. The van der Waals surface area contributed by atoms with E-state index in [1.54, 1.807) is 6.92 Å². The van der Waals surface area contributed by atoms with E-state index in [2.05, 4.69) is 10.0 Å². The highest BCUT2D eigenvalue weighted by Crippen LogP contribution is 1.91. The molecule has 0 aliphatic heterocycles. The molecular weight excluding hydrogens is 292 g/mol. The Kier molecular flexibility index (Phi) is 7.54. The van der Waals surface area contributed by atoms with Crippen LogP contribution in [-0.4, -0.2) is 56.3 Å². The fraction of sp³-hybridized carbons (Fsp3) is 0.667. The van der Waals surface area contributed by atoms with Gasteiger partial charge in [0.25, 0.3) is 0 Å². The Balaban J connectivity index is 4.21. The molecule has 10 nitrogen and oxygen atoms in total. The van der Waals surface area contributed by atoms with Crippen LogP contribution in [-0.2, 0) is 19.6 Å². The van der Waals surface area contributed by atoms with Gasteiger partial charge in [-0.15, -0.1) is 0 Å². The number of nitrogens with one attached hydrogen (secondary N) is 3. The first-order chi connectivity index (χ1) is 9.18. The highest BCUT2D eigenvalue weighted by Gasteiger charge is 2.22. The minimum atomic E-state index is -3.47. The number of hydrogen-bond donors (Lipinski definition) is 5. The molecule has 116 valence electrons. The summed E-state index contributed by atoms with van der Waals surface area (Å²) in [4.78, 5) is 32.7. The maximum atomic E-state index is 11.3. The molecule has 1 atom stereocenters. The summed E-state index contributed by atoms with van der Waals surface area (Å²) in [7, 11) is -3.47. The standard InChI is InChI=1S/C9H18N4O6S/c1-2-12-20(18,19)4-3-11-9(17)13-6(8(15)16)5-7(10)14/h6,12H,2-5H2,1H3,(H2,10,14)(H,15,16)(H2,11,13,17). The molecule has 0 aromatic carbocycles. The zero-order valence-corrected chi connectivity index (χ0v) is 11.7. The molecule has 20 heavy (non-hydrogen) atoms. The number of sulfonamides is 1. The molecule has 0 bridgehead atoms. The predicted octanol–water partition coefficient (Wildman–Crippen LogP) is -2.45. The highest BCUT2D eigenvalue weighted by atomic mass is 32.2. The summed E-state index contributed by atoms with van der Waals surface area (Å²) in [5, 5.41) is 12.9. The number of carboxylic acids is 1. The van der Waals surface area contributed by atoms with Gasteiger partial charge >= 0.3 is 12.0 Å². The Bertz CT molecular complexity index is 463. The summed E-state index contributed by atoms with van der Waals surface area (Å²) in [6.07, 6.45) is -0.557. The van der Waals surface area contributed by atoms with E-state index < -0.39 is 40.4 Å². The average molecular weight is 310 g/mol. The second-order valence-corrected chi connectivity index (χ2v) is 5.70. The topological polar surface area (TPSA) is 168 Å². The van der Waals surface area contributed by atoms with Gasteiger partial charge in [0.2, 0.25) is 15.9 Å². The molecule has 11 heteroatoms. The number of rotatable bonds is 9. The van der Waals surface area contributed by atoms with Crippen molar-refractivity contribution in [1.82, 2.24) is 15.4 Å². The van der Waals surface area contributed by atoms with Gasteiger partial charge in [-0.3, -0.25) is 4.79 Å². The zero-order valence-electron chi connectivity index (χ0n) is 10.9. The van der Waals surface area contributed by atoms with Gasteiger partial charge in [0.15, 0.2) is 0 Å². The van der Waals surface area contributed by atoms with Gasteiger partial charge in [0.05, 0.1) is 12.2 Å². The van der Waals surface area contributed by atoms with Crippen LogP contribution in [0.2, 0.25) is 0 Å². The molecule has 0 heterocycles. The van der Waals surface area contributed by atoms with Gasteiger partial charge in [0, 0.05) is 13.1 Å². The quantitative estimate of drug-likeness (QED) is 0.317. The van der Waals surface area contributed by atoms with Crippen LogP contribution in [0.25, 0.3) is 0 Å². The van der Waals surface area contributed by atoms with Crippen LogP contribution >= 0.6 is 0 Å². The fourth-order valence-corrected chi connectivity index (χ4v) is 2.16. The first-order valence-corrected chi connectivity index (χ1v) is 7.36. The van der Waals surface area contributed by atoms with Crippen LogP contribution in [0.3, 0.4) is 0 Å². The SMILES string of the molecule is CCNS(=O)(=O)CCNC(=O)NC(CC(N)=O)C(=O)O. The summed E-state index contributed by atoms with van der Waals surface area (Å²) in [6, 6.07) is -2.36. The van der Waals surface area contributed by atoms with Crippen molar-refractivity contribution in [1.29, 1.82) is 0 Å². The Hall–Kier alpha value is -1.88. The van der Waals surface area contributed by atoms with Crippen molar-refractivity contribution in [3.63, 3.8) is 0 Å². The number of nitrogens with two attached hydrogens (primary N) is 1. The van der Waals surface area contributed by atoms with Crippen LogP contribution in [0.4, 0.5) is 4.79 Å². The Labute approximate surface area is 116 Å². The molecular formula is C9H18N4O6S. The van der Waals surface area contributed by atoms with E-state index in [0.29, 0.717) is 0 Å². The van der Waals surface area contributed by atoms with Crippen molar-refractivity contribution in [3.8, 4) is 0 Å². The number of amides is 3. The molecule has 1 unspecified atom stereocenters. The normalized spacial score (nSPS) is 12.4. The molecule has 0 aliphatic rings. The third-order valence-electron chi connectivity index (χ3n) is 2.03. The molecule has 0 aliphatic carbocycles. The second kappa shape index (κ2) is 8.32. The van der Waals surface area contributed by atoms with Gasteiger partial charge in [0.1, 0.15) is 6.04 Å². The van der Waals surface area contributed by atoms with Gasteiger partial charge in [-0.05, 0) is 0 Å². The number of carbonyl (C=O) groups is 3. The maximum absolute atomic E-state index is 11.3. The summed E-state index contributed by atoms with van der Waals surface area (Å²) in [6.45, 7) is 1.64. The lowest BCUT2D eigenvalue weighted by Gasteiger charge is -2.13. The van der Waals surface area contributed by atoms with Crippen molar-refractivity contribution in [3.05, 3.63) is 0 Å². The van der Waals surface area contributed by atoms with Crippen LogP contribution < -0.4 is 21.1 Å².